The quantitative estimate of drug-likeness (QED) is 0.611. The Balaban J connectivity index is 2.89. The van der Waals surface area contributed by atoms with E-state index in [1.54, 1.807) is 0 Å². The molecule has 0 radical (unpaired) electrons. The van der Waals surface area contributed by atoms with Gasteiger partial charge in [0.25, 0.3) is 0 Å². The van der Waals surface area contributed by atoms with Crippen molar-refractivity contribution >= 4 is 0 Å². The molecule has 1 aromatic rings. The second-order valence-corrected chi connectivity index (χ2v) is 3.81. The predicted octanol–water partition coefficient (Wildman–Crippen LogP) is 4.07. The lowest BCUT2D eigenvalue weighted by Crippen LogP contribution is -1.96. The highest BCUT2D eigenvalue weighted by molar-refractivity contribution is 5.35. The van der Waals surface area contributed by atoms with Gasteiger partial charge in [-0.25, -0.2) is 0 Å². The van der Waals surface area contributed by atoms with Gasteiger partial charge in [0.05, 0.1) is 0 Å². The number of unbranched alkanes of at least 4 members (excludes halogenated alkanes) is 1. The van der Waals surface area contributed by atoms with Gasteiger partial charge in [-0.2, -0.15) is 0 Å². The Bertz CT molecular complexity index is 297. The van der Waals surface area contributed by atoms with Gasteiger partial charge in [0.15, 0.2) is 0 Å². The number of allylic oxidation sites excluding steroid dienone is 1. The molecule has 76 valence electrons. The first-order valence-electron chi connectivity index (χ1n) is 5.47. The fourth-order valence-electron chi connectivity index (χ4n) is 1.82. The van der Waals surface area contributed by atoms with Crippen molar-refractivity contribution in [1.29, 1.82) is 0 Å². The molecule has 0 bridgehead atoms. The number of rotatable bonds is 5. The summed E-state index contributed by atoms with van der Waals surface area (Å²) in [5.74, 6) is 0. The normalized spacial score (nSPS) is 10.1. The number of hydrogen-bond acceptors (Lipinski definition) is 0. The molecule has 0 amide bonds. The summed E-state index contributed by atoms with van der Waals surface area (Å²) in [5.41, 5.74) is 4.42. The summed E-state index contributed by atoms with van der Waals surface area (Å²) >= 11 is 0. The third-order valence-electron chi connectivity index (χ3n) is 2.65. The van der Waals surface area contributed by atoms with Gasteiger partial charge in [0, 0.05) is 0 Å². The van der Waals surface area contributed by atoms with Crippen LogP contribution in [0.1, 0.15) is 36.5 Å². The van der Waals surface area contributed by atoms with Crippen molar-refractivity contribution in [2.24, 2.45) is 0 Å². The Hall–Kier alpha value is -1.04. The number of benzene rings is 1. The summed E-state index contributed by atoms with van der Waals surface area (Å²) in [4.78, 5) is 0. The molecule has 0 aliphatic heterocycles. The molecule has 14 heavy (non-hydrogen) atoms. The van der Waals surface area contributed by atoms with Gasteiger partial charge in [-0.3, -0.25) is 0 Å². The number of aryl methyl sites for hydroxylation is 1. The lowest BCUT2D eigenvalue weighted by molar-refractivity contribution is 0.785. The van der Waals surface area contributed by atoms with Crippen LogP contribution in [0.15, 0.2) is 30.9 Å². The summed E-state index contributed by atoms with van der Waals surface area (Å²) < 4.78 is 0. The minimum Gasteiger partial charge on any atom is -0.103 e. The molecule has 0 saturated carbocycles. The van der Waals surface area contributed by atoms with E-state index >= 15 is 0 Å². The monoisotopic (exact) mass is 188 g/mol. The molecule has 0 aliphatic rings. The van der Waals surface area contributed by atoms with Crippen molar-refractivity contribution in [2.45, 2.75) is 39.5 Å². The van der Waals surface area contributed by atoms with Crippen LogP contribution in [0.25, 0.3) is 0 Å². The smallest absolute Gasteiger partial charge is 0.00973 e. The fourth-order valence-corrected chi connectivity index (χ4v) is 1.82. The highest BCUT2D eigenvalue weighted by Crippen LogP contribution is 2.17. The zero-order valence-corrected chi connectivity index (χ0v) is 9.34. The molecule has 0 unspecified atom stereocenters. The first-order valence-corrected chi connectivity index (χ1v) is 5.47. The van der Waals surface area contributed by atoms with Crippen LogP contribution in [-0.2, 0) is 12.8 Å². The molecule has 1 rings (SSSR count). The van der Waals surface area contributed by atoms with E-state index in [9.17, 15) is 0 Å². The molecule has 0 aromatic heterocycles. The SMILES string of the molecule is C=CCc1cccc(C)c1CCCC. The molecule has 1 aromatic carbocycles. The van der Waals surface area contributed by atoms with Crippen molar-refractivity contribution in [2.75, 3.05) is 0 Å². The van der Waals surface area contributed by atoms with Crippen molar-refractivity contribution in [1.82, 2.24) is 0 Å². The van der Waals surface area contributed by atoms with Crippen LogP contribution in [-0.4, -0.2) is 0 Å². The van der Waals surface area contributed by atoms with Gasteiger partial charge < -0.3 is 0 Å². The van der Waals surface area contributed by atoms with E-state index in [0.29, 0.717) is 0 Å². The molecule has 0 atom stereocenters. The fraction of sp³-hybridized carbons (Fsp3) is 0.429. The van der Waals surface area contributed by atoms with Gasteiger partial charge in [-0.1, -0.05) is 37.6 Å². The van der Waals surface area contributed by atoms with Gasteiger partial charge in [0.2, 0.25) is 0 Å². The average molecular weight is 188 g/mol. The summed E-state index contributed by atoms with van der Waals surface area (Å²) in [6.45, 7) is 8.25. The minimum absolute atomic E-state index is 1.00. The van der Waals surface area contributed by atoms with E-state index < -0.39 is 0 Å². The summed E-state index contributed by atoms with van der Waals surface area (Å²) in [6.07, 6.45) is 6.76. The van der Waals surface area contributed by atoms with E-state index in [1.807, 2.05) is 6.08 Å². The van der Waals surface area contributed by atoms with E-state index in [2.05, 4.69) is 38.6 Å². The molecule has 0 aliphatic carbocycles. The van der Waals surface area contributed by atoms with Gasteiger partial charge in [-0.05, 0) is 42.9 Å². The van der Waals surface area contributed by atoms with Crippen molar-refractivity contribution < 1.29 is 0 Å². The first-order chi connectivity index (χ1) is 6.79. The molecule has 0 saturated heterocycles. The van der Waals surface area contributed by atoms with Crippen LogP contribution in [0.4, 0.5) is 0 Å². The summed E-state index contributed by atoms with van der Waals surface area (Å²) in [5, 5.41) is 0. The highest BCUT2D eigenvalue weighted by Gasteiger charge is 2.03. The molecule has 0 spiro atoms. The molecule has 0 heterocycles. The van der Waals surface area contributed by atoms with Crippen molar-refractivity contribution in [3.05, 3.63) is 47.5 Å². The standard InChI is InChI=1S/C14H20/c1-4-6-11-14-12(3)9-7-10-13(14)8-5-2/h5,7,9-10H,2,4,6,8,11H2,1,3H3. The van der Waals surface area contributed by atoms with Gasteiger partial charge >= 0.3 is 0 Å². The molecule has 0 fully saturated rings. The Morgan fingerprint density at radius 1 is 1.36 bits per heavy atom. The maximum atomic E-state index is 3.81. The Morgan fingerprint density at radius 3 is 2.79 bits per heavy atom. The molecule has 0 nitrogen and oxygen atoms in total. The first kappa shape index (κ1) is 11.0. The lowest BCUT2D eigenvalue weighted by Gasteiger charge is -2.10. The predicted molar refractivity (Wildman–Crippen MR) is 63.7 cm³/mol. The van der Waals surface area contributed by atoms with Crippen LogP contribution in [0, 0.1) is 6.92 Å². The second kappa shape index (κ2) is 5.64. The highest BCUT2D eigenvalue weighted by atomic mass is 14.1. The average Bonchev–Trinajstić information content (AvgIpc) is 2.18. The summed E-state index contributed by atoms with van der Waals surface area (Å²) in [6, 6.07) is 6.57. The maximum Gasteiger partial charge on any atom is -0.00973 e. The van der Waals surface area contributed by atoms with Crippen LogP contribution in [0.2, 0.25) is 0 Å². The van der Waals surface area contributed by atoms with Crippen LogP contribution in [0.5, 0.6) is 0 Å². The Labute approximate surface area is 87.7 Å². The van der Waals surface area contributed by atoms with Gasteiger partial charge in [-0.15, -0.1) is 6.58 Å². The Morgan fingerprint density at radius 2 is 2.14 bits per heavy atom. The topological polar surface area (TPSA) is 0 Å². The van der Waals surface area contributed by atoms with Crippen LogP contribution >= 0.6 is 0 Å². The zero-order chi connectivity index (χ0) is 10.4. The molecule has 0 N–H and O–H groups in total. The zero-order valence-electron chi connectivity index (χ0n) is 9.34. The number of hydrogen-bond donors (Lipinski definition) is 0. The van der Waals surface area contributed by atoms with Crippen LogP contribution < -0.4 is 0 Å². The third kappa shape index (κ3) is 2.73. The second-order valence-electron chi connectivity index (χ2n) is 3.81. The van der Waals surface area contributed by atoms with Crippen molar-refractivity contribution in [3.63, 3.8) is 0 Å². The molecular formula is C14H20. The minimum atomic E-state index is 1.00. The van der Waals surface area contributed by atoms with E-state index in [1.165, 1.54) is 36.0 Å². The molecule has 0 heteroatoms. The lowest BCUT2D eigenvalue weighted by atomic mass is 9.95. The third-order valence-corrected chi connectivity index (χ3v) is 2.65. The van der Waals surface area contributed by atoms with Crippen molar-refractivity contribution in [3.8, 4) is 0 Å². The largest absolute Gasteiger partial charge is 0.103 e. The molecular weight excluding hydrogens is 168 g/mol. The maximum absolute atomic E-state index is 3.81. The summed E-state index contributed by atoms with van der Waals surface area (Å²) in [7, 11) is 0. The Kier molecular flexibility index (Phi) is 4.45. The van der Waals surface area contributed by atoms with E-state index in [0.717, 1.165) is 6.42 Å². The van der Waals surface area contributed by atoms with E-state index in [4.69, 9.17) is 0 Å². The van der Waals surface area contributed by atoms with Gasteiger partial charge in [0.1, 0.15) is 0 Å². The van der Waals surface area contributed by atoms with Crippen LogP contribution in [0.3, 0.4) is 0 Å². The van der Waals surface area contributed by atoms with E-state index in [-0.39, 0.29) is 0 Å².